The minimum Gasteiger partial charge on any atom is -0.397 e. The van der Waals surface area contributed by atoms with Gasteiger partial charge in [0.1, 0.15) is 5.69 Å². The Hall–Kier alpha value is -1.23. The van der Waals surface area contributed by atoms with Crippen molar-refractivity contribution in [1.82, 2.24) is 4.98 Å². The monoisotopic (exact) mass is 212 g/mol. The summed E-state index contributed by atoms with van der Waals surface area (Å²) < 4.78 is 11.6. The molecule has 1 aromatic heterocycles. The van der Waals surface area contributed by atoms with Crippen molar-refractivity contribution in [1.29, 1.82) is 0 Å². The van der Waals surface area contributed by atoms with Gasteiger partial charge in [0, 0.05) is 12.7 Å². The minimum absolute atomic E-state index is 0.193. The van der Waals surface area contributed by atoms with Gasteiger partial charge < -0.3 is 5.73 Å². The number of nitrogen functional groups attached to an aromatic ring is 1. The number of ketones is 1. The fourth-order valence-electron chi connectivity index (χ4n) is 1.05. The zero-order valence-corrected chi connectivity index (χ0v) is 8.93. The molecule has 1 atom stereocenters. The van der Waals surface area contributed by atoms with Crippen LogP contribution in [0.2, 0.25) is 0 Å². The fourth-order valence-corrected chi connectivity index (χ4v) is 2.04. The van der Waals surface area contributed by atoms with Crippen molar-refractivity contribution in [3.8, 4) is 0 Å². The first-order valence-electron chi connectivity index (χ1n) is 4.21. The van der Waals surface area contributed by atoms with E-state index in [1.165, 1.54) is 13.1 Å². The molecule has 0 spiro atoms. The summed E-state index contributed by atoms with van der Waals surface area (Å²) in [4.78, 5) is 15.5. The van der Waals surface area contributed by atoms with Crippen LogP contribution in [0.25, 0.3) is 0 Å². The van der Waals surface area contributed by atoms with E-state index in [-0.39, 0.29) is 11.5 Å². The molecule has 0 fully saturated rings. The van der Waals surface area contributed by atoms with Crippen LogP contribution in [0.1, 0.15) is 24.3 Å². The molecular weight excluding hydrogens is 200 g/mol. The van der Waals surface area contributed by atoms with Crippen LogP contribution < -0.4 is 5.73 Å². The number of anilines is 1. The lowest BCUT2D eigenvalue weighted by molar-refractivity contribution is 0.101. The van der Waals surface area contributed by atoms with Crippen molar-refractivity contribution in [3.63, 3.8) is 0 Å². The number of nitrogens with zero attached hydrogens (tertiary/aromatic N) is 1. The molecule has 0 amide bonds. The Morgan fingerprint density at radius 3 is 2.79 bits per heavy atom. The van der Waals surface area contributed by atoms with Crippen LogP contribution in [0, 0.1) is 0 Å². The van der Waals surface area contributed by atoms with Crippen LogP contribution in [0.5, 0.6) is 0 Å². The molecule has 0 aromatic carbocycles. The highest BCUT2D eigenvalue weighted by atomic mass is 32.2. The average molecular weight is 212 g/mol. The van der Waals surface area contributed by atoms with E-state index < -0.39 is 10.8 Å². The second-order valence-corrected chi connectivity index (χ2v) is 4.51. The van der Waals surface area contributed by atoms with Crippen LogP contribution in [0.4, 0.5) is 5.69 Å². The third kappa shape index (κ3) is 2.17. The molecule has 2 N–H and O–H groups in total. The van der Waals surface area contributed by atoms with Crippen molar-refractivity contribution < 1.29 is 9.00 Å². The van der Waals surface area contributed by atoms with Gasteiger partial charge in [0.2, 0.25) is 0 Å². The summed E-state index contributed by atoms with van der Waals surface area (Å²) in [6.07, 6.45) is 1.40. The lowest BCUT2D eigenvalue weighted by Crippen LogP contribution is -2.07. The molecule has 4 nitrogen and oxygen atoms in total. The number of pyridine rings is 1. The van der Waals surface area contributed by atoms with Crippen LogP contribution in [-0.2, 0) is 10.8 Å². The molecule has 0 radical (unpaired) electrons. The van der Waals surface area contributed by atoms with Crippen LogP contribution in [-0.4, -0.2) is 20.7 Å². The van der Waals surface area contributed by atoms with Crippen LogP contribution >= 0.6 is 0 Å². The SMILES string of the molecule is CCS(=O)c1cc(N)cnc1C(C)=O. The highest BCUT2D eigenvalue weighted by Gasteiger charge is 2.13. The molecule has 0 bridgehead atoms. The van der Waals surface area contributed by atoms with Crippen LogP contribution in [0.3, 0.4) is 0 Å². The highest BCUT2D eigenvalue weighted by molar-refractivity contribution is 7.85. The molecule has 14 heavy (non-hydrogen) atoms. The molecule has 0 saturated carbocycles. The summed E-state index contributed by atoms with van der Waals surface area (Å²) in [5.41, 5.74) is 6.18. The summed E-state index contributed by atoms with van der Waals surface area (Å²) in [6.45, 7) is 3.18. The summed E-state index contributed by atoms with van der Waals surface area (Å²) in [6, 6.07) is 1.54. The van der Waals surface area contributed by atoms with E-state index in [0.29, 0.717) is 16.3 Å². The van der Waals surface area contributed by atoms with Gasteiger partial charge in [-0.3, -0.25) is 9.00 Å². The number of hydrogen-bond acceptors (Lipinski definition) is 4. The first kappa shape index (κ1) is 10.8. The maximum absolute atomic E-state index is 11.6. The smallest absolute Gasteiger partial charge is 0.179 e. The quantitative estimate of drug-likeness (QED) is 0.758. The fraction of sp³-hybridized carbons (Fsp3) is 0.333. The number of nitrogens with two attached hydrogens (primary N) is 1. The molecule has 0 aliphatic carbocycles. The minimum atomic E-state index is -1.20. The zero-order valence-electron chi connectivity index (χ0n) is 8.11. The lowest BCUT2D eigenvalue weighted by Gasteiger charge is -2.04. The molecule has 1 heterocycles. The van der Waals surface area contributed by atoms with Gasteiger partial charge >= 0.3 is 0 Å². The molecule has 1 aromatic rings. The van der Waals surface area contributed by atoms with E-state index in [9.17, 15) is 9.00 Å². The topological polar surface area (TPSA) is 73.1 Å². The van der Waals surface area contributed by atoms with Gasteiger partial charge in [-0.25, -0.2) is 4.98 Å². The van der Waals surface area contributed by atoms with Gasteiger partial charge in [0.05, 0.1) is 27.6 Å². The van der Waals surface area contributed by atoms with Crippen LogP contribution in [0.15, 0.2) is 17.2 Å². The normalized spacial score (nSPS) is 12.4. The van der Waals surface area contributed by atoms with Crippen molar-refractivity contribution in [3.05, 3.63) is 18.0 Å². The Balaban J connectivity index is 3.29. The Kier molecular flexibility index (Phi) is 3.35. The standard InChI is InChI=1S/C9H12N2O2S/c1-3-14(13)8-4-7(10)5-11-9(8)6(2)12/h4-5H,3,10H2,1-2H3. The summed E-state index contributed by atoms with van der Waals surface area (Å²) in [5.74, 6) is 0.257. The number of Topliss-reactive ketones (excluding diaryl/α,β-unsaturated/α-hetero) is 1. The first-order valence-corrected chi connectivity index (χ1v) is 5.53. The van der Waals surface area contributed by atoms with E-state index in [0.717, 1.165) is 0 Å². The number of rotatable bonds is 3. The van der Waals surface area contributed by atoms with Gasteiger partial charge in [0.25, 0.3) is 0 Å². The molecule has 1 unspecified atom stereocenters. The van der Waals surface area contributed by atoms with Gasteiger partial charge in [-0.1, -0.05) is 6.92 Å². The number of carbonyl (C=O) groups excluding carboxylic acids is 1. The summed E-state index contributed by atoms with van der Waals surface area (Å²) >= 11 is 0. The largest absolute Gasteiger partial charge is 0.397 e. The third-order valence-corrected chi connectivity index (χ3v) is 3.04. The molecule has 5 heteroatoms. The molecule has 76 valence electrons. The predicted molar refractivity (Wildman–Crippen MR) is 55.6 cm³/mol. The van der Waals surface area contributed by atoms with Crippen molar-refractivity contribution in [2.75, 3.05) is 11.5 Å². The van der Waals surface area contributed by atoms with Crippen molar-refractivity contribution in [2.24, 2.45) is 0 Å². The maximum atomic E-state index is 11.6. The van der Waals surface area contributed by atoms with E-state index in [4.69, 9.17) is 5.73 Å². The van der Waals surface area contributed by atoms with Crippen molar-refractivity contribution >= 4 is 22.3 Å². The van der Waals surface area contributed by atoms with Crippen molar-refractivity contribution in [2.45, 2.75) is 18.7 Å². The zero-order chi connectivity index (χ0) is 10.7. The molecule has 1 rings (SSSR count). The Bertz CT molecular complexity index is 390. The Labute approximate surface area is 85.0 Å². The third-order valence-electron chi connectivity index (χ3n) is 1.71. The predicted octanol–water partition coefficient (Wildman–Crippen LogP) is 0.994. The summed E-state index contributed by atoms with van der Waals surface area (Å²) in [7, 11) is -1.20. The van der Waals surface area contributed by atoms with E-state index in [1.807, 2.05) is 0 Å². The highest BCUT2D eigenvalue weighted by Crippen LogP contribution is 2.15. The summed E-state index contributed by atoms with van der Waals surface area (Å²) in [5, 5.41) is 0. The van der Waals surface area contributed by atoms with E-state index >= 15 is 0 Å². The van der Waals surface area contributed by atoms with E-state index in [2.05, 4.69) is 4.98 Å². The molecule has 0 aliphatic rings. The number of carbonyl (C=O) groups is 1. The second kappa shape index (κ2) is 4.32. The molecule has 0 saturated heterocycles. The van der Waals surface area contributed by atoms with Gasteiger partial charge in [-0.15, -0.1) is 0 Å². The Morgan fingerprint density at radius 2 is 2.29 bits per heavy atom. The lowest BCUT2D eigenvalue weighted by atomic mass is 10.2. The van der Waals surface area contributed by atoms with Gasteiger partial charge in [0.15, 0.2) is 5.78 Å². The van der Waals surface area contributed by atoms with E-state index in [1.54, 1.807) is 13.0 Å². The first-order chi connectivity index (χ1) is 6.56. The van der Waals surface area contributed by atoms with Gasteiger partial charge in [-0.2, -0.15) is 0 Å². The van der Waals surface area contributed by atoms with Gasteiger partial charge in [-0.05, 0) is 6.07 Å². The molecule has 0 aliphatic heterocycles. The number of aromatic nitrogens is 1. The number of hydrogen-bond donors (Lipinski definition) is 1. The maximum Gasteiger partial charge on any atom is 0.179 e. The molecular formula is C9H12N2O2S. The second-order valence-electron chi connectivity index (χ2n) is 2.81. The Morgan fingerprint density at radius 1 is 1.64 bits per heavy atom. The average Bonchev–Trinajstić information content (AvgIpc) is 2.16.